The number of carbonyl (C=O) groups is 2. The number of nitrogens with one attached hydrogen (secondary N) is 1. The molecule has 0 aliphatic carbocycles. The van der Waals surface area contributed by atoms with E-state index in [1.165, 1.54) is 0 Å². The molecule has 0 unspecified atom stereocenters. The van der Waals surface area contributed by atoms with Crippen LogP contribution in [0.5, 0.6) is 0 Å². The number of amides is 1. The largest absolute Gasteiger partial charge is 0.345 e. The van der Waals surface area contributed by atoms with Gasteiger partial charge in [-0.1, -0.05) is 31.5 Å². The number of aryl methyl sites for hydroxylation is 2. The molecule has 0 saturated heterocycles. The van der Waals surface area contributed by atoms with Crippen LogP contribution in [0.3, 0.4) is 0 Å². The van der Waals surface area contributed by atoms with Gasteiger partial charge < -0.3 is 5.32 Å². The molecule has 0 fully saturated rings. The van der Waals surface area contributed by atoms with Crippen molar-refractivity contribution in [3.8, 4) is 0 Å². The Kier molecular flexibility index (Phi) is 4.44. The Morgan fingerprint density at radius 3 is 2.47 bits per heavy atom. The summed E-state index contributed by atoms with van der Waals surface area (Å²) in [5, 5.41) is 2.66. The standard InChI is InChI=1S/C14H19NO2/c1-9(2)13(16)8-15-14(17)12-7-10(3)5-6-11(12)4/h5-7,9H,8H2,1-4H3,(H,15,17). The van der Waals surface area contributed by atoms with Crippen molar-refractivity contribution < 1.29 is 9.59 Å². The molecule has 1 rings (SSSR count). The van der Waals surface area contributed by atoms with Crippen LogP contribution in [0.1, 0.15) is 35.3 Å². The van der Waals surface area contributed by atoms with Crippen LogP contribution in [-0.4, -0.2) is 18.2 Å². The first-order valence-corrected chi connectivity index (χ1v) is 5.80. The van der Waals surface area contributed by atoms with Crippen molar-refractivity contribution in [2.24, 2.45) is 5.92 Å². The summed E-state index contributed by atoms with van der Waals surface area (Å²) in [7, 11) is 0. The molecule has 0 bridgehead atoms. The molecular weight excluding hydrogens is 214 g/mol. The lowest BCUT2D eigenvalue weighted by Crippen LogP contribution is -2.31. The predicted molar refractivity (Wildman–Crippen MR) is 68.1 cm³/mol. The van der Waals surface area contributed by atoms with E-state index in [1.807, 2.05) is 45.9 Å². The van der Waals surface area contributed by atoms with Gasteiger partial charge in [0.15, 0.2) is 5.78 Å². The topological polar surface area (TPSA) is 46.2 Å². The summed E-state index contributed by atoms with van der Waals surface area (Å²) in [4.78, 5) is 23.3. The molecule has 17 heavy (non-hydrogen) atoms. The van der Waals surface area contributed by atoms with Gasteiger partial charge in [-0.15, -0.1) is 0 Å². The van der Waals surface area contributed by atoms with E-state index in [1.54, 1.807) is 0 Å². The average molecular weight is 233 g/mol. The van der Waals surface area contributed by atoms with Gasteiger partial charge in [-0.25, -0.2) is 0 Å². The molecule has 0 aliphatic rings. The maximum absolute atomic E-state index is 11.9. The summed E-state index contributed by atoms with van der Waals surface area (Å²) in [5.74, 6) is -0.183. The molecule has 1 aromatic carbocycles. The van der Waals surface area contributed by atoms with Gasteiger partial charge >= 0.3 is 0 Å². The van der Waals surface area contributed by atoms with E-state index >= 15 is 0 Å². The lowest BCUT2D eigenvalue weighted by Gasteiger charge is -2.09. The average Bonchev–Trinajstić information content (AvgIpc) is 2.28. The highest BCUT2D eigenvalue weighted by atomic mass is 16.2. The van der Waals surface area contributed by atoms with E-state index in [0.29, 0.717) is 5.56 Å². The molecule has 3 nitrogen and oxygen atoms in total. The number of Topliss-reactive ketones (excluding diaryl/α,β-unsaturated/α-hetero) is 1. The Labute approximate surface area is 102 Å². The quantitative estimate of drug-likeness (QED) is 0.867. The van der Waals surface area contributed by atoms with Crippen molar-refractivity contribution >= 4 is 11.7 Å². The number of rotatable bonds is 4. The van der Waals surface area contributed by atoms with Gasteiger partial charge in [0.1, 0.15) is 0 Å². The van der Waals surface area contributed by atoms with Gasteiger partial charge in [-0.3, -0.25) is 9.59 Å². The first kappa shape index (κ1) is 13.4. The Hall–Kier alpha value is -1.64. The van der Waals surface area contributed by atoms with Crippen LogP contribution in [0.25, 0.3) is 0 Å². The van der Waals surface area contributed by atoms with Crippen LogP contribution in [0.4, 0.5) is 0 Å². The maximum atomic E-state index is 11.9. The summed E-state index contributed by atoms with van der Waals surface area (Å²) in [6, 6.07) is 5.71. The second kappa shape index (κ2) is 5.62. The summed E-state index contributed by atoms with van der Waals surface area (Å²) in [6.07, 6.45) is 0. The molecule has 0 aromatic heterocycles. The van der Waals surface area contributed by atoms with Gasteiger partial charge in [0.05, 0.1) is 6.54 Å². The Morgan fingerprint density at radius 1 is 1.24 bits per heavy atom. The Balaban J connectivity index is 2.70. The molecule has 1 N–H and O–H groups in total. The van der Waals surface area contributed by atoms with Crippen molar-refractivity contribution in [1.82, 2.24) is 5.32 Å². The number of carbonyl (C=O) groups excluding carboxylic acids is 2. The predicted octanol–water partition coefficient (Wildman–Crippen LogP) is 2.26. The minimum absolute atomic E-state index is 0.0451. The molecule has 1 aromatic rings. The summed E-state index contributed by atoms with van der Waals surface area (Å²) in [5.41, 5.74) is 2.60. The van der Waals surface area contributed by atoms with Crippen molar-refractivity contribution in [2.75, 3.05) is 6.54 Å². The van der Waals surface area contributed by atoms with Gasteiger partial charge in [-0.05, 0) is 25.5 Å². The van der Waals surface area contributed by atoms with Crippen molar-refractivity contribution in [2.45, 2.75) is 27.7 Å². The molecule has 0 aliphatic heterocycles. The van der Waals surface area contributed by atoms with Crippen molar-refractivity contribution in [1.29, 1.82) is 0 Å². The summed E-state index contributed by atoms with van der Waals surface area (Å²) < 4.78 is 0. The van der Waals surface area contributed by atoms with Crippen LogP contribution >= 0.6 is 0 Å². The van der Waals surface area contributed by atoms with Crippen LogP contribution in [0.15, 0.2) is 18.2 Å². The molecule has 0 radical (unpaired) electrons. The summed E-state index contributed by atoms with van der Waals surface area (Å²) in [6.45, 7) is 7.58. The number of benzene rings is 1. The third-order valence-electron chi connectivity index (χ3n) is 2.70. The third-order valence-corrected chi connectivity index (χ3v) is 2.70. The fourth-order valence-electron chi connectivity index (χ4n) is 1.45. The smallest absolute Gasteiger partial charge is 0.251 e. The normalized spacial score (nSPS) is 10.4. The molecule has 92 valence electrons. The number of hydrogen-bond donors (Lipinski definition) is 1. The lowest BCUT2D eigenvalue weighted by atomic mass is 10.0. The second-order valence-corrected chi connectivity index (χ2v) is 4.62. The molecule has 0 saturated carbocycles. The minimum atomic E-state index is -0.180. The van der Waals surface area contributed by atoms with Crippen LogP contribution in [-0.2, 0) is 4.79 Å². The molecule has 0 atom stereocenters. The zero-order valence-corrected chi connectivity index (χ0v) is 10.8. The van der Waals surface area contributed by atoms with Gasteiger partial charge in [0.25, 0.3) is 5.91 Å². The van der Waals surface area contributed by atoms with E-state index in [9.17, 15) is 9.59 Å². The fraction of sp³-hybridized carbons (Fsp3) is 0.429. The van der Waals surface area contributed by atoms with Gasteiger partial charge in [-0.2, -0.15) is 0 Å². The zero-order chi connectivity index (χ0) is 13.0. The maximum Gasteiger partial charge on any atom is 0.251 e. The summed E-state index contributed by atoms with van der Waals surface area (Å²) >= 11 is 0. The first-order valence-electron chi connectivity index (χ1n) is 5.80. The van der Waals surface area contributed by atoms with Crippen LogP contribution < -0.4 is 5.32 Å². The number of ketones is 1. The molecular formula is C14H19NO2. The Bertz CT molecular complexity index is 436. The third kappa shape index (κ3) is 3.70. The number of hydrogen-bond acceptors (Lipinski definition) is 2. The first-order chi connectivity index (χ1) is 7.91. The monoisotopic (exact) mass is 233 g/mol. The minimum Gasteiger partial charge on any atom is -0.345 e. The van der Waals surface area contributed by atoms with Gasteiger partial charge in [0.2, 0.25) is 0 Å². The van der Waals surface area contributed by atoms with Gasteiger partial charge in [0, 0.05) is 11.5 Å². The fourth-order valence-corrected chi connectivity index (χ4v) is 1.45. The SMILES string of the molecule is Cc1ccc(C)c(C(=O)NCC(=O)C(C)C)c1. The highest BCUT2D eigenvalue weighted by molar-refractivity contribution is 5.98. The lowest BCUT2D eigenvalue weighted by molar-refractivity contribution is -0.120. The highest BCUT2D eigenvalue weighted by Gasteiger charge is 2.12. The van der Waals surface area contributed by atoms with E-state index in [4.69, 9.17) is 0 Å². The van der Waals surface area contributed by atoms with E-state index in [2.05, 4.69) is 5.32 Å². The van der Waals surface area contributed by atoms with Crippen molar-refractivity contribution in [3.05, 3.63) is 34.9 Å². The second-order valence-electron chi connectivity index (χ2n) is 4.62. The van der Waals surface area contributed by atoms with E-state index in [-0.39, 0.29) is 24.2 Å². The Morgan fingerprint density at radius 2 is 1.88 bits per heavy atom. The zero-order valence-electron chi connectivity index (χ0n) is 10.8. The van der Waals surface area contributed by atoms with Crippen LogP contribution in [0.2, 0.25) is 0 Å². The van der Waals surface area contributed by atoms with E-state index < -0.39 is 0 Å². The van der Waals surface area contributed by atoms with E-state index in [0.717, 1.165) is 11.1 Å². The van der Waals surface area contributed by atoms with Crippen molar-refractivity contribution in [3.63, 3.8) is 0 Å². The molecule has 3 heteroatoms. The molecule has 0 heterocycles. The van der Waals surface area contributed by atoms with Crippen LogP contribution in [0, 0.1) is 19.8 Å². The molecule has 1 amide bonds. The highest BCUT2D eigenvalue weighted by Crippen LogP contribution is 2.10. The molecule has 0 spiro atoms.